The maximum Gasteiger partial charge on any atom is 0.0513 e. The number of ether oxygens (including phenoxy) is 1. The predicted octanol–water partition coefficient (Wildman–Crippen LogP) is 2.50. The summed E-state index contributed by atoms with van der Waals surface area (Å²) in [7, 11) is 2.09. The molecular formula is C13H23NO. The molecule has 0 aromatic carbocycles. The Morgan fingerprint density at radius 1 is 1.40 bits per heavy atom. The molecule has 1 aliphatic heterocycles. The van der Waals surface area contributed by atoms with E-state index in [2.05, 4.69) is 18.4 Å². The molecule has 15 heavy (non-hydrogen) atoms. The summed E-state index contributed by atoms with van der Waals surface area (Å²) in [5.74, 6) is 0.708. The molecule has 2 heteroatoms. The maximum atomic E-state index is 5.49. The van der Waals surface area contributed by atoms with Gasteiger partial charge in [0.2, 0.25) is 0 Å². The van der Waals surface area contributed by atoms with Crippen molar-refractivity contribution in [1.82, 2.24) is 5.32 Å². The van der Waals surface area contributed by atoms with Crippen LogP contribution in [0.3, 0.4) is 0 Å². The van der Waals surface area contributed by atoms with Crippen molar-refractivity contribution in [1.29, 1.82) is 0 Å². The van der Waals surface area contributed by atoms with E-state index in [9.17, 15) is 0 Å². The summed E-state index contributed by atoms with van der Waals surface area (Å²) in [6.45, 7) is 1.90. The lowest BCUT2D eigenvalue weighted by molar-refractivity contribution is 0.180. The number of hydrogen-bond acceptors (Lipinski definition) is 2. The molecule has 2 rings (SSSR count). The fraction of sp³-hybridized carbons (Fsp3) is 0.846. The zero-order chi connectivity index (χ0) is 10.5. The Hall–Kier alpha value is -0.340. The second-order valence-electron chi connectivity index (χ2n) is 4.77. The van der Waals surface area contributed by atoms with Gasteiger partial charge in [0, 0.05) is 18.6 Å². The predicted molar refractivity (Wildman–Crippen MR) is 62.9 cm³/mol. The minimum atomic E-state index is 0.575. The first kappa shape index (κ1) is 11.2. The topological polar surface area (TPSA) is 21.3 Å². The van der Waals surface area contributed by atoms with Crippen LogP contribution in [0.5, 0.6) is 0 Å². The van der Waals surface area contributed by atoms with Crippen LogP contribution < -0.4 is 5.32 Å². The average Bonchev–Trinajstić information content (AvgIpc) is 2.63. The number of nitrogens with one attached hydrogen (secondary N) is 1. The van der Waals surface area contributed by atoms with E-state index >= 15 is 0 Å². The van der Waals surface area contributed by atoms with Crippen molar-refractivity contribution < 1.29 is 4.74 Å². The molecule has 1 aliphatic carbocycles. The lowest BCUT2D eigenvalue weighted by atomic mass is 9.90. The molecule has 0 radical (unpaired) electrons. The Balaban J connectivity index is 2.00. The van der Waals surface area contributed by atoms with Crippen LogP contribution in [0.2, 0.25) is 0 Å². The van der Waals surface area contributed by atoms with Gasteiger partial charge in [0.1, 0.15) is 0 Å². The molecule has 2 atom stereocenters. The normalized spacial score (nSPS) is 29.7. The van der Waals surface area contributed by atoms with E-state index in [1.54, 1.807) is 5.57 Å². The van der Waals surface area contributed by atoms with Gasteiger partial charge in [-0.25, -0.2) is 0 Å². The molecule has 1 N–H and O–H groups in total. The molecule has 0 bridgehead atoms. The van der Waals surface area contributed by atoms with Crippen LogP contribution in [0.1, 0.15) is 38.5 Å². The first-order chi connectivity index (χ1) is 7.42. The highest BCUT2D eigenvalue weighted by Gasteiger charge is 2.27. The maximum absolute atomic E-state index is 5.49. The Morgan fingerprint density at radius 2 is 2.33 bits per heavy atom. The van der Waals surface area contributed by atoms with E-state index in [-0.39, 0.29) is 0 Å². The van der Waals surface area contributed by atoms with E-state index in [0.717, 1.165) is 13.2 Å². The van der Waals surface area contributed by atoms with Crippen molar-refractivity contribution >= 4 is 0 Å². The quantitative estimate of drug-likeness (QED) is 0.721. The van der Waals surface area contributed by atoms with Gasteiger partial charge >= 0.3 is 0 Å². The summed E-state index contributed by atoms with van der Waals surface area (Å²) in [5.41, 5.74) is 1.64. The van der Waals surface area contributed by atoms with Crippen molar-refractivity contribution in [3.8, 4) is 0 Å². The van der Waals surface area contributed by atoms with Gasteiger partial charge in [0.05, 0.1) is 6.61 Å². The van der Waals surface area contributed by atoms with E-state index in [0.29, 0.717) is 12.0 Å². The third-order valence-corrected chi connectivity index (χ3v) is 3.72. The number of rotatable bonds is 3. The first-order valence-corrected chi connectivity index (χ1v) is 6.36. The van der Waals surface area contributed by atoms with Gasteiger partial charge < -0.3 is 10.1 Å². The van der Waals surface area contributed by atoms with Gasteiger partial charge in [0.15, 0.2) is 0 Å². The largest absolute Gasteiger partial charge is 0.381 e. The molecular weight excluding hydrogens is 186 g/mol. The fourth-order valence-electron chi connectivity index (χ4n) is 2.86. The van der Waals surface area contributed by atoms with Gasteiger partial charge in [-0.1, -0.05) is 18.1 Å². The molecule has 86 valence electrons. The molecule has 0 saturated carbocycles. The van der Waals surface area contributed by atoms with E-state index in [1.807, 2.05) is 0 Å². The van der Waals surface area contributed by atoms with Crippen LogP contribution in [0.4, 0.5) is 0 Å². The van der Waals surface area contributed by atoms with E-state index in [1.165, 1.54) is 38.5 Å². The van der Waals surface area contributed by atoms with Crippen LogP contribution in [0, 0.1) is 5.92 Å². The highest BCUT2D eigenvalue weighted by molar-refractivity contribution is 5.14. The molecule has 2 nitrogen and oxygen atoms in total. The lowest BCUT2D eigenvalue weighted by Crippen LogP contribution is -2.35. The highest BCUT2D eigenvalue weighted by atomic mass is 16.5. The summed E-state index contributed by atoms with van der Waals surface area (Å²) in [6, 6.07) is 0.575. The van der Waals surface area contributed by atoms with Crippen LogP contribution in [-0.4, -0.2) is 26.3 Å². The molecule has 0 aromatic heterocycles. The molecule has 2 unspecified atom stereocenters. The summed E-state index contributed by atoms with van der Waals surface area (Å²) in [5, 5.41) is 3.49. The summed E-state index contributed by atoms with van der Waals surface area (Å²) in [4.78, 5) is 0. The van der Waals surface area contributed by atoms with Gasteiger partial charge in [-0.2, -0.15) is 0 Å². The van der Waals surface area contributed by atoms with Gasteiger partial charge in [0.25, 0.3) is 0 Å². The van der Waals surface area contributed by atoms with Gasteiger partial charge in [-0.3, -0.25) is 0 Å². The van der Waals surface area contributed by atoms with Crippen molar-refractivity contribution in [2.24, 2.45) is 5.92 Å². The van der Waals surface area contributed by atoms with Gasteiger partial charge in [-0.15, -0.1) is 0 Å². The summed E-state index contributed by atoms with van der Waals surface area (Å²) < 4.78 is 5.49. The lowest BCUT2D eigenvalue weighted by Gasteiger charge is -2.24. The minimum Gasteiger partial charge on any atom is -0.381 e. The minimum absolute atomic E-state index is 0.575. The zero-order valence-corrected chi connectivity index (χ0v) is 9.80. The molecule has 0 aromatic rings. The monoisotopic (exact) mass is 209 g/mol. The van der Waals surface area contributed by atoms with E-state index in [4.69, 9.17) is 4.74 Å². The average molecular weight is 209 g/mol. The highest BCUT2D eigenvalue weighted by Crippen LogP contribution is 2.27. The van der Waals surface area contributed by atoms with Crippen molar-refractivity contribution in [2.45, 2.75) is 44.6 Å². The Bertz CT molecular complexity index is 219. The molecule has 0 spiro atoms. The Morgan fingerprint density at radius 3 is 3.07 bits per heavy atom. The summed E-state index contributed by atoms with van der Waals surface area (Å²) in [6.07, 6.45) is 10.4. The van der Waals surface area contributed by atoms with Crippen LogP contribution >= 0.6 is 0 Å². The fourth-order valence-corrected chi connectivity index (χ4v) is 2.86. The van der Waals surface area contributed by atoms with Crippen LogP contribution in [-0.2, 0) is 4.74 Å². The van der Waals surface area contributed by atoms with E-state index < -0.39 is 0 Å². The third kappa shape index (κ3) is 2.82. The smallest absolute Gasteiger partial charge is 0.0513 e. The molecule has 1 heterocycles. The third-order valence-electron chi connectivity index (χ3n) is 3.72. The van der Waals surface area contributed by atoms with Gasteiger partial charge in [-0.05, 0) is 39.2 Å². The molecule has 0 amide bonds. The molecule has 1 fully saturated rings. The Kier molecular flexibility index (Phi) is 4.21. The van der Waals surface area contributed by atoms with Crippen molar-refractivity contribution in [2.75, 3.05) is 20.3 Å². The van der Waals surface area contributed by atoms with Crippen molar-refractivity contribution in [3.63, 3.8) is 0 Å². The number of allylic oxidation sites excluding steroid dienone is 1. The second-order valence-corrected chi connectivity index (χ2v) is 4.77. The first-order valence-electron chi connectivity index (χ1n) is 6.36. The number of hydrogen-bond donors (Lipinski definition) is 1. The Labute approximate surface area is 93.1 Å². The molecule has 2 aliphatic rings. The number of likely N-dealkylation sites (N-methyl/N-ethyl adjacent to an activating group) is 1. The van der Waals surface area contributed by atoms with Crippen LogP contribution in [0.15, 0.2) is 11.6 Å². The standard InChI is InChI=1S/C13H23NO/c1-14-13(12-8-9-15-10-12)11-6-4-2-3-5-7-11/h6,12-14H,2-5,7-10H2,1H3. The SMILES string of the molecule is CNC(C1=CCCCCC1)C1CCOC1. The molecule has 1 saturated heterocycles. The van der Waals surface area contributed by atoms with Crippen molar-refractivity contribution in [3.05, 3.63) is 11.6 Å². The zero-order valence-electron chi connectivity index (χ0n) is 9.80. The second kappa shape index (κ2) is 5.66. The van der Waals surface area contributed by atoms with Crippen LogP contribution in [0.25, 0.3) is 0 Å². The summed E-state index contributed by atoms with van der Waals surface area (Å²) >= 11 is 0.